The van der Waals surface area contributed by atoms with Gasteiger partial charge in [0.05, 0.1) is 6.54 Å². The highest BCUT2D eigenvalue weighted by Crippen LogP contribution is 2.29. The molecule has 2 aromatic rings. The number of hydrogen-bond donors (Lipinski definition) is 1. The van der Waals surface area contributed by atoms with E-state index in [9.17, 15) is 8.42 Å². The van der Waals surface area contributed by atoms with Crippen molar-refractivity contribution in [1.82, 2.24) is 9.62 Å². The van der Waals surface area contributed by atoms with Crippen LogP contribution in [0.4, 0.5) is 0 Å². The number of furan rings is 1. The third-order valence-electron chi connectivity index (χ3n) is 3.59. The Bertz CT molecular complexity index is 712. The van der Waals surface area contributed by atoms with Crippen molar-refractivity contribution in [2.75, 3.05) is 6.54 Å². The first-order chi connectivity index (χ1) is 10.1. The van der Waals surface area contributed by atoms with Gasteiger partial charge in [0.25, 0.3) is 10.0 Å². The lowest BCUT2D eigenvalue weighted by molar-refractivity contribution is 0.369. The molecular formula is C15H18N2O3S. The highest BCUT2D eigenvalue weighted by molar-refractivity contribution is 7.89. The van der Waals surface area contributed by atoms with E-state index >= 15 is 0 Å². The lowest BCUT2D eigenvalue weighted by Gasteiger charge is -2.13. The lowest BCUT2D eigenvalue weighted by Crippen LogP contribution is -2.25. The third-order valence-corrected chi connectivity index (χ3v) is 5.26. The summed E-state index contributed by atoms with van der Waals surface area (Å²) in [5, 5.41) is 3.13. The maximum atomic E-state index is 12.6. The van der Waals surface area contributed by atoms with E-state index in [1.54, 1.807) is 6.07 Å². The van der Waals surface area contributed by atoms with Crippen LogP contribution in [-0.4, -0.2) is 19.3 Å². The zero-order chi connectivity index (χ0) is 14.9. The van der Waals surface area contributed by atoms with E-state index in [-0.39, 0.29) is 5.09 Å². The van der Waals surface area contributed by atoms with E-state index in [0.29, 0.717) is 25.4 Å². The van der Waals surface area contributed by atoms with Crippen molar-refractivity contribution in [3.63, 3.8) is 0 Å². The Labute approximate surface area is 124 Å². The monoisotopic (exact) mass is 306 g/mol. The van der Waals surface area contributed by atoms with Crippen molar-refractivity contribution >= 4 is 10.0 Å². The second-order valence-corrected chi connectivity index (χ2v) is 6.91. The van der Waals surface area contributed by atoms with Gasteiger partial charge in [-0.3, -0.25) is 0 Å². The normalized spacial score (nSPS) is 15.3. The first-order valence-electron chi connectivity index (χ1n) is 6.97. The van der Waals surface area contributed by atoms with E-state index in [1.807, 2.05) is 31.2 Å². The SMILES string of the molecule is CCNCc1ccc(S(=O)(=O)N2Cc3ccccc3C2)o1. The quantitative estimate of drug-likeness (QED) is 0.919. The summed E-state index contributed by atoms with van der Waals surface area (Å²) in [6.45, 7) is 4.14. The van der Waals surface area contributed by atoms with Crippen LogP contribution in [0.15, 0.2) is 45.9 Å². The molecule has 1 aromatic carbocycles. The summed E-state index contributed by atoms with van der Waals surface area (Å²) in [5.74, 6) is 0.632. The number of hydrogen-bond acceptors (Lipinski definition) is 4. The Balaban J connectivity index is 1.80. The van der Waals surface area contributed by atoms with Crippen molar-refractivity contribution in [3.8, 4) is 0 Å². The highest BCUT2D eigenvalue weighted by atomic mass is 32.2. The smallest absolute Gasteiger partial charge is 0.277 e. The first-order valence-corrected chi connectivity index (χ1v) is 8.41. The number of sulfonamides is 1. The average Bonchev–Trinajstić information content (AvgIpc) is 3.12. The van der Waals surface area contributed by atoms with Crippen molar-refractivity contribution < 1.29 is 12.8 Å². The summed E-state index contributed by atoms with van der Waals surface area (Å²) in [5.41, 5.74) is 2.11. The van der Waals surface area contributed by atoms with Gasteiger partial charge < -0.3 is 9.73 Å². The van der Waals surface area contributed by atoms with Gasteiger partial charge in [0.15, 0.2) is 0 Å². The van der Waals surface area contributed by atoms with Gasteiger partial charge in [-0.25, -0.2) is 8.42 Å². The maximum Gasteiger partial charge on any atom is 0.277 e. The second-order valence-electron chi connectivity index (χ2n) is 5.04. The molecule has 0 fully saturated rings. The fourth-order valence-electron chi connectivity index (χ4n) is 2.44. The molecule has 0 bridgehead atoms. The summed E-state index contributed by atoms with van der Waals surface area (Å²) >= 11 is 0. The minimum Gasteiger partial charge on any atom is -0.447 e. The minimum absolute atomic E-state index is 0.0169. The van der Waals surface area contributed by atoms with Crippen LogP contribution in [0.1, 0.15) is 23.8 Å². The first kappa shape index (κ1) is 14.3. The van der Waals surface area contributed by atoms with Crippen LogP contribution in [-0.2, 0) is 29.7 Å². The van der Waals surface area contributed by atoms with Crippen LogP contribution in [0.2, 0.25) is 0 Å². The third kappa shape index (κ3) is 2.74. The van der Waals surface area contributed by atoms with Gasteiger partial charge in [0, 0.05) is 13.1 Å². The number of nitrogens with one attached hydrogen (secondary N) is 1. The largest absolute Gasteiger partial charge is 0.447 e. The number of benzene rings is 1. The van der Waals surface area contributed by atoms with Crippen LogP contribution in [0, 0.1) is 0 Å². The van der Waals surface area contributed by atoms with Gasteiger partial charge in [-0.15, -0.1) is 0 Å². The minimum atomic E-state index is -3.57. The van der Waals surface area contributed by atoms with Crippen molar-refractivity contribution in [2.45, 2.75) is 31.7 Å². The number of rotatable bonds is 5. The van der Waals surface area contributed by atoms with Crippen molar-refractivity contribution in [3.05, 3.63) is 53.3 Å². The van der Waals surface area contributed by atoms with Crippen LogP contribution < -0.4 is 5.32 Å². The molecule has 0 saturated carbocycles. The van der Waals surface area contributed by atoms with Crippen molar-refractivity contribution in [1.29, 1.82) is 0 Å². The molecule has 1 aromatic heterocycles. The van der Waals surface area contributed by atoms with Crippen molar-refractivity contribution in [2.24, 2.45) is 0 Å². The van der Waals surface area contributed by atoms with E-state index in [4.69, 9.17) is 4.42 Å². The molecule has 0 spiro atoms. The lowest BCUT2D eigenvalue weighted by atomic mass is 10.1. The summed E-state index contributed by atoms with van der Waals surface area (Å²) < 4.78 is 32.1. The molecule has 2 heterocycles. The van der Waals surface area contributed by atoms with E-state index < -0.39 is 10.0 Å². The Hall–Kier alpha value is -1.63. The zero-order valence-corrected chi connectivity index (χ0v) is 12.7. The Morgan fingerprint density at radius 2 is 1.81 bits per heavy atom. The molecule has 21 heavy (non-hydrogen) atoms. The average molecular weight is 306 g/mol. The van der Waals surface area contributed by atoms with Crippen LogP contribution >= 0.6 is 0 Å². The molecule has 112 valence electrons. The van der Waals surface area contributed by atoms with Gasteiger partial charge in [-0.2, -0.15) is 4.31 Å². The summed E-state index contributed by atoms with van der Waals surface area (Å²) in [6.07, 6.45) is 0. The molecule has 1 aliphatic rings. The molecule has 0 unspecified atom stereocenters. The highest BCUT2D eigenvalue weighted by Gasteiger charge is 2.32. The molecule has 1 aliphatic heterocycles. The number of fused-ring (bicyclic) bond motifs is 1. The van der Waals surface area contributed by atoms with Gasteiger partial charge >= 0.3 is 0 Å². The van der Waals surface area contributed by atoms with Crippen LogP contribution in [0.3, 0.4) is 0 Å². The molecule has 0 saturated heterocycles. The van der Waals surface area contributed by atoms with E-state index in [0.717, 1.165) is 17.7 Å². The zero-order valence-electron chi connectivity index (χ0n) is 11.9. The molecule has 0 atom stereocenters. The molecule has 3 rings (SSSR count). The standard InChI is InChI=1S/C15H18N2O3S/c1-2-16-9-14-7-8-15(20-14)21(18,19)17-10-12-5-3-4-6-13(12)11-17/h3-8,16H,2,9-11H2,1H3. The summed E-state index contributed by atoms with van der Waals surface area (Å²) in [6, 6.07) is 11.0. The van der Waals surface area contributed by atoms with E-state index in [1.165, 1.54) is 10.4 Å². The molecule has 0 amide bonds. The Morgan fingerprint density at radius 3 is 2.43 bits per heavy atom. The summed E-state index contributed by atoms with van der Waals surface area (Å²) in [4.78, 5) is 0. The van der Waals surface area contributed by atoms with Gasteiger partial charge in [-0.05, 0) is 29.8 Å². The van der Waals surface area contributed by atoms with Gasteiger partial charge in [0.1, 0.15) is 5.76 Å². The van der Waals surface area contributed by atoms with Gasteiger partial charge in [0.2, 0.25) is 5.09 Å². The molecule has 6 heteroatoms. The molecule has 0 aliphatic carbocycles. The molecule has 5 nitrogen and oxygen atoms in total. The maximum absolute atomic E-state index is 12.6. The topological polar surface area (TPSA) is 62.6 Å². The number of nitrogens with zero attached hydrogens (tertiary/aromatic N) is 1. The summed E-state index contributed by atoms with van der Waals surface area (Å²) in [7, 11) is -3.57. The van der Waals surface area contributed by atoms with E-state index in [2.05, 4.69) is 5.32 Å². The Kier molecular flexibility index (Phi) is 3.84. The fraction of sp³-hybridized carbons (Fsp3) is 0.333. The molecule has 0 radical (unpaired) electrons. The fourth-order valence-corrected chi connectivity index (χ4v) is 3.76. The molecule has 1 N–H and O–H groups in total. The predicted octanol–water partition coefficient (Wildman–Crippen LogP) is 2.09. The Morgan fingerprint density at radius 1 is 1.14 bits per heavy atom. The van der Waals surface area contributed by atoms with Gasteiger partial charge in [-0.1, -0.05) is 31.2 Å². The molecular weight excluding hydrogens is 288 g/mol. The predicted molar refractivity (Wildman–Crippen MR) is 79.0 cm³/mol. The van der Waals surface area contributed by atoms with Crippen LogP contribution in [0.5, 0.6) is 0 Å². The second kappa shape index (κ2) is 5.63. The van der Waals surface area contributed by atoms with Crippen LogP contribution in [0.25, 0.3) is 0 Å².